The van der Waals surface area contributed by atoms with E-state index in [2.05, 4.69) is 49.4 Å². The van der Waals surface area contributed by atoms with Crippen molar-refractivity contribution >= 4 is 10.8 Å². The molecule has 24 heavy (non-hydrogen) atoms. The van der Waals surface area contributed by atoms with Crippen LogP contribution in [-0.2, 0) is 12.8 Å². The minimum Gasteiger partial charge on any atom is -0.496 e. The zero-order chi connectivity index (χ0) is 16.7. The Labute approximate surface area is 143 Å². The van der Waals surface area contributed by atoms with Crippen LogP contribution in [-0.4, -0.2) is 14.2 Å². The van der Waals surface area contributed by atoms with Crippen LogP contribution in [0.15, 0.2) is 42.5 Å². The molecule has 0 aliphatic heterocycles. The molecule has 0 saturated carbocycles. The third kappa shape index (κ3) is 2.17. The molecule has 0 bridgehead atoms. The van der Waals surface area contributed by atoms with E-state index in [1.165, 1.54) is 45.0 Å². The van der Waals surface area contributed by atoms with Crippen LogP contribution in [0.1, 0.15) is 23.1 Å². The number of ether oxygens (including phenoxy) is 2. The van der Waals surface area contributed by atoms with Gasteiger partial charge in [0.2, 0.25) is 0 Å². The number of hydrogen-bond acceptors (Lipinski definition) is 2. The summed E-state index contributed by atoms with van der Waals surface area (Å²) in [5.41, 5.74) is 6.71. The molecule has 1 aliphatic carbocycles. The van der Waals surface area contributed by atoms with Crippen LogP contribution >= 0.6 is 0 Å². The Morgan fingerprint density at radius 2 is 1.54 bits per heavy atom. The Morgan fingerprint density at radius 3 is 2.33 bits per heavy atom. The first-order valence-electron chi connectivity index (χ1n) is 8.50. The summed E-state index contributed by atoms with van der Waals surface area (Å²) in [6.45, 7) is 2.16. The number of hydrogen-bond donors (Lipinski definition) is 0. The first kappa shape index (κ1) is 15.1. The van der Waals surface area contributed by atoms with E-state index in [9.17, 15) is 0 Å². The van der Waals surface area contributed by atoms with Crippen molar-refractivity contribution < 1.29 is 9.47 Å². The highest BCUT2D eigenvalue weighted by Gasteiger charge is 2.23. The molecular weight excluding hydrogens is 296 g/mol. The Morgan fingerprint density at radius 1 is 0.833 bits per heavy atom. The molecular formula is C22H22O2. The van der Waals surface area contributed by atoms with Gasteiger partial charge in [-0.2, -0.15) is 0 Å². The first-order chi connectivity index (χ1) is 11.7. The molecule has 0 radical (unpaired) electrons. The largest absolute Gasteiger partial charge is 0.496 e. The van der Waals surface area contributed by atoms with E-state index < -0.39 is 0 Å². The summed E-state index contributed by atoms with van der Waals surface area (Å²) in [4.78, 5) is 0. The van der Waals surface area contributed by atoms with Gasteiger partial charge in [0, 0.05) is 10.9 Å². The summed E-state index contributed by atoms with van der Waals surface area (Å²) < 4.78 is 11.3. The fourth-order valence-corrected chi connectivity index (χ4v) is 4.10. The fourth-order valence-electron chi connectivity index (χ4n) is 4.10. The molecule has 4 rings (SSSR count). The topological polar surface area (TPSA) is 18.5 Å². The molecule has 2 nitrogen and oxygen atoms in total. The average molecular weight is 318 g/mol. The summed E-state index contributed by atoms with van der Waals surface area (Å²) in [7, 11) is 3.51. The zero-order valence-corrected chi connectivity index (χ0v) is 14.5. The van der Waals surface area contributed by atoms with Crippen molar-refractivity contribution in [1.29, 1.82) is 0 Å². The highest BCUT2D eigenvalue weighted by Crippen LogP contribution is 2.44. The van der Waals surface area contributed by atoms with Gasteiger partial charge < -0.3 is 9.47 Å². The standard InChI is InChI=1S/C22H22O2/c1-14-7-4-11-19(23-2)21(14)18-13-15-8-5-12-20(24-3)22(15)17-10-6-9-16(17)18/h4-5,7-8,11-13H,6,9-10H2,1-3H3. The van der Waals surface area contributed by atoms with Crippen molar-refractivity contribution in [3.05, 3.63) is 59.2 Å². The van der Waals surface area contributed by atoms with Crippen LogP contribution < -0.4 is 9.47 Å². The van der Waals surface area contributed by atoms with Crippen LogP contribution in [0.4, 0.5) is 0 Å². The van der Waals surface area contributed by atoms with Gasteiger partial charge in [0.05, 0.1) is 14.2 Å². The van der Waals surface area contributed by atoms with E-state index in [1.807, 2.05) is 0 Å². The highest BCUT2D eigenvalue weighted by molar-refractivity contribution is 5.98. The highest BCUT2D eigenvalue weighted by atomic mass is 16.5. The van der Waals surface area contributed by atoms with Crippen molar-refractivity contribution in [2.75, 3.05) is 14.2 Å². The number of rotatable bonds is 3. The van der Waals surface area contributed by atoms with Gasteiger partial charge in [0.25, 0.3) is 0 Å². The van der Waals surface area contributed by atoms with E-state index in [0.717, 1.165) is 24.3 Å². The molecule has 0 spiro atoms. The Hall–Kier alpha value is -2.48. The van der Waals surface area contributed by atoms with Crippen LogP contribution in [0.25, 0.3) is 21.9 Å². The second-order valence-corrected chi connectivity index (χ2v) is 6.45. The number of aryl methyl sites for hydroxylation is 2. The predicted octanol–water partition coefficient (Wildman–Crippen LogP) is 5.32. The zero-order valence-electron chi connectivity index (χ0n) is 14.5. The first-order valence-corrected chi connectivity index (χ1v) is 8.50. The maximum Gasteiger partial charge on any atom is 0.126 e. The number of methoxy groups -OCH3 is 2. The lowest BCUT2D eigenvalue weighted by Gasteiger charge is -2.18. The molecule has 0 fully saturated rings. The van der Waals surface area contributed by atoms with Crippen LogP contribution in [0.5, 0.6) is 11.5 Å². The Kier molecular flexibility index (Phi) is 3.68. The monoisotopic (exact) mass is 318 g/mol. The fraction of sp³-hybridized carbons (Fsp3) is 0.273. The molecule has 0 amide bonds. The minimum absolute atomic E-state index is 0.950. The van der Waals surface area contributed by atoms with E-state index in [4.69, 9.17) is 9.47 Å². The minimum atomic E-state index is 0.950. The molecule has 0 N–H and O–H groups in total. The Bertz CT molecular complexity index is 925. The van der Waals surface area contributed by atoms with Gasteiger partial charge in [-0.15, -0.1) is 0 Å². The molecule has 0 heterocycles. The van der Waals surface area contributed by atoms with Crippen molar-refractivity contribution in [2.45, 2.75) is 26.2 Å². The number of benzene rings is 3. The summed E-state index contributed by atoms with van der Waals surface area (Å²) in [5, 5.41) is 2.53. The lowest BCUT2D eigenvalue weighted by Crippen LogP contribution is -1.97. The maximum absolute atomic E-state index is 5.67. The van der Waals surface area contributed by atoms with E-state index in [-0.39, 0.29) is 0 Å². The average Bonchev–Trinajstić information content (AvgIpc) is 3.10. The molecule has 1 aliphatic rings. The Balaban J connectivity index is 2.09. The van der Waals surface area contributed by atoms with E-state index in [0.29, 0.717) is 0 Å². The SMILES string of the molecule is COc1cccc(C)c1-c1cc2cccc(OC)c2c2c1CCC2. The molecule has 0 aromatic heterocycles. The van der Waals surface area contributed by atoms with Gasteiger partial charge in [0.15, 0.2) is 0 Å². The molecule has 122 valence electrons. The van der Waals surface area contributed by atoms with Crippen molar-refractivity contribution in [2.24, 2.45) is 0 Å². The van der Waals surface area contributed by atoms with Gasteiger partial charge >= 0.3 is 0 Å². The molecule has 0 atom stereocenters. The maximum atomic E-state index is 5.67. The van der Waals surface area contributed by atoms with Gasteiger partial charge in [-0.25, -0.2) is 0 Å². The smallest absolute Gasteiger partial charge is 0.126 e. The molecule has 0 saturated heterocycles. The van der Waals surface area contributed by atoms with Gasteiger partial charge in [-0.05, 0) is 72.0 Å². The summed E-state index contributed by atoms with van der Waals surface area (Å²) in [6.07, 6.45) is 3.44. The van der Waals surface area contributed by atoms with Crippen molar-refractivity contribution in [1.82, 2.24) is 0 Å². The van der Waals surface area contributed by atoms with Crippen LogP contribution in [0.2, 0.25) is 0 Å². The van der Waals surface area contributed by atoms with Gasteiger partial charge in [0.1, 0.15) is 11.5 Å². The lowest BCUT2D eigenvalue weighted by molar-refractivity contribution is 0.416. The van der Waals surface area contributed by atoms with Crippen molar-refractivity contribution in [3.8, 4) is 22.6 Å². The molecule has 3 aromatic rings. The summed E-state index contributed by atoms with van der Waals surface area (Å²) in [5.74, 6) is 1.93. The lowest BCUT2D eigenvalue weighted by atomic mass is 9.89. The van der Waals surface area contributed by atoms with Crippen LogP contribution in [0, 0.1) is 6.92 Å². The predicted molar refractivity (Wildman–Crippen MR) is 99.3 cm³/mol. The third-order valence-corrected chi connectivity index (χ3v) is 5.15. The third-order valence-electron chi connectivity index (χ3n) is 5.15. The summed E-state index contributed by atoms with van der Waals surface area (Å²) in [6, 6.07) is 14.9. The van der Waals surface area contributed by atoms with E-state index >= 15 is 0 Å². The van der Waals surface area contributed by atoms with E-state index in [1.54, 1.807) is 14.2 Å². The van der Waals surface area contributed by atoms with Gasteiger partial charge in [-0.1, -0.05) is 24.3 Å². The normalized spacial score (nSPS) is 13.1. The summed E-state index contributed by atoms with van der Waals surface area (Å²) >= 11 is 0. The second kappa shape index (κ2) is 5.86. The van der Waals surface area contributed by atoms with Crippen LogP contribution in [0.3, 0.4) is 0 Å². The molecule has 2 heteroatoms. The number of fused-ring (bicyclic) bond motifs is 3. The van der Waals surface area contributed by atoms with Gasteiger partial charge in [-0.3, -0.25) is 0 Å². The molecule has 0 unspecified atom stereocenters. The quantitative estimate of drug-likeness (QED) is 0.650. The molecule has 3 aromatic carbocycles. The van der Waals surface area contributed by atoms with Crippen molar-refractivity contribution in [3.63, 3.8) is 0 Å². The second-order valence-electron chi connectivity index (χ2n) is 6.45.